The fourth-order valence-corrected chi connectivity index (χ4v) is 3.00. The third-order valence-corrected chi connectivity index (χ3v) is 4.36. The van der Waals surface area contributed by atoms with Crippen LogP contribution in [0.4, 0.5) is 5.13 Å². The van der Waals surface area contributed by atoms with Gasteiger partial charge in [-0.25, -0.2) is 4.98 Å². The highest BCUT2D eigenvalue weighted by Gasteiger charge is 2.18. The highest BCUT2D eigenvalue weighted by atomic mass is 32.1. The molecule has 4 nitrogen and oxygen atoms in total. The average Bonchev–Trinajstić information content (AvgIpc) is 2.85. The summed E-state index contributed by atoms with van der Waals surface area (Å²) in [5, 5.41) is 3.15. The molecule has 5 heteroatoms. The van der Waals surface area contributed by atoms with E-state index in [0.29, 0.717) is 12.8 Å². The van der Waals surface area contributed by atoms with Crippen LogP contribution in [0.5, 0.6) is 0 Å². The van der Waals surface area contributed by atoms with E-state index in [-0.39, 0.29) is 5.97 Å². The lowest BCUT2D eigenvalue weighted by atomic mass is 10.00. The Morgan fingerprint density at radius 1 is 1.56 bits per heavy atom. The van der Waals surface area contributed by atoms with Crippen molar-refractivity contribution in [3.05, 3.63) is 11.1 Å². The molecule has 1 saturated heterocycles. The lowest BCUT2D eigenvalue weighted by Crippen LogP contribution is -2.32. The van der Waals surface area contributed by atoms with E-state index in [2.05, 4.69) is 26.9 Å². The van der Waals surface area contributed by atoms with Crippen molar-refractivity contribution in [1.82, 2.24) is 4.98 Å². The zero-order chi connectivity index (χ0) is 13.0. The van der Waals surface area contributed by atoms with Crippen LogP contribution in [0.2, 0.25) is 0 Å². The van der Waals surface area contributed by atoms with Crippen molar-refractivity contribution in [2.45, 2.75) is 32.6 Å². The zero-order valence-corrected chi connectivity index (χ0v) is 11.8. The molecule has 0 spiro atoms. The number of hydrogen-bond donors (Lipinski definition) is 0. The van der Waals surface area contributed by atoms with Gasteiger partial charge in [-0.3, -0.25) is 4.79 Å². The summed E-state index contributed by atoms with van der Waals surface area (Å²) in [4.78, 5) is 18.0. The predicted octanol–water partition coefficient (Wildman–Crippen LogP) is 2.49. The minimum Gasteiger partial charge on any atom is -0.469 e. The monoisotopic (exact) mass is 268 g/mol. The number of ether oxygens (including phenoxy) is 1. The Morgan fingerprint density at radius 2 is 2.28 bits per heavy atom. The van der Waals surface area contributed by atoms with Crippen LogP contribution in [-0.4, -0.2) is 31.2 Å². The second-order valence-electron chi connectivity index (χ2n) is 4.87. The summed E-state index contributed by atoms with van der Waals surface area (Å²) >= 11 is 1.68. The molecule has 0 saturated carbocycles. The molecule has 2 heterocycles. The van der Waals surface area contributed by atoms with Crippen LogP contribution >= 0.6 is 11.3 Å². The van der Waals surface area contributed by atoms with Crippen LogP contribution in [0.3, 0.4) is 0 Å². The highest BCUT2D eigenvalue weighted by molar-refractivity contribution is 7.13. The van der Waals surface area contributed by atoms with E-state index in [1.165, 1.54) is 20.0 Å². The Hall–Kier alpha value is -1.10. The Bertz CT molecular complexity index is 397. The van der Waals surface area contributed by atoms with Crippen LogP contribution < -0.4 is 4.90 Å². The minimum atomic E-state index is -0.170. The number of anilines is 1. The number of aromatic nitrogens is 1. The number of nitrogens with zero attached hydrogens (tertiary/aromatic N) is 2. The summed E-state index contributed by atoms with van der Waals surface area (Å²) in [7, 11) is 1.42. The van der Waals surface area contributed by atoms with Crippen molar-refractivity contribution < 1.29 is 9.53 Å². The number of piperidine rings is 1. The van der Waals surface area contributed by atoms with Gasteiger partial charge in [-0.1, -0.05) is 6.92 Å². The zero-order valence-electron chi connectivity index (χ0n) is 11.0. The molecule has 0 atom stereocenters. The van der Waals surface area contributed by atoms with Gasteiger partial charge in [0.2, 0.25) is 0 Å². The first kappa shape index (κ1) is 13.3. The van der Waals surface area contributed by atoms with E-state index in [9.17, 15) is 4.79 Å². The largest absolute Gasteiger partial charge is 0.469 e. The molecule has 2 rings (SSSR count). The summed E-state index contributed by atoms with van der Waals surface area (Å²) < 4.78 is 4.63. The smallest absolute Gasteiger partial charge is 0.305 e. The first-order valence-electron chi connectivity index (χ1n) is 6.45. The summed E-state index contributed by atoms with van der Waals surface area (Å²) in [5.74, 6) is 0.663. The van der Waals surface area contributed by atoms with Crippen LogP contribution in [0.15, 0.2) is 5.38 Å². The molecule has 0 N–H and O–H groups in total. The minimum absolute atomic E-state index is 0.170. The van der Waals surface area contributed by atoms with Crippen LogP contribution in [0, 0.1) is 5.92 Å². The molecular formula is C13H20N2O2S. The number of aryl methyl sites for hydroxylation is 1. The second-order valence-corrected chi connectivity index (χ2v) is 5.70. The standard InChI is InChI=1S/C13H20N2O2S/c1-10-5-7-15(8-6-10)13-14-11(9-18-13)3-4-12(16)17-2/h9-10H,3-8H2,1-2H3. The molecule has 1 fully saturated rings. The Balaban J connectivity index is 1.87. The third kappa shape index (κ3) is 3.45. The van der Waals surface area contributed by atoms with Gasteiger partial charge < -0.3 is 9.64 Å². The number of carbonyl (C=O) groups is 1. The summed E-state index contributed by atoms with van der Waals surface area (Å²) in [6, 6.07) is 0. The highest BCUT2D eigenvalue weighted by Crippen LogP contribution is 2.26. The number of esters is 1. The van der Waals surface area contributed by atoms with E-state index in [0.717, 1.165) is 29.8 Å². The predicted molar refractivity (Wildman–Crippen MR) is 73.1 cm³/mol. The van der Waals surface area contributed by atoms with Crippen molar-refractivity contribution in [1.29, 1.82) is 0 Å². The maximum atomic E-state index is 11.1. The van der Waals surface area contributed by atoms with Crippen LogP contribution in [-0.2, 0) is 16.0 Å². The first-order chi connectivity index (χ1) is 8.69. The normalized spacial score (nSPS) is 16.9. The summed E-state index contributed by atoms with van der Waals surface area (Å²) in [5.41, 5.74) is 0.999. The fraction of sp³-hybridized carbons (Fsp3) is 0.692. The van der Waals surface area contributed by atoms with E-state index in [1.807, 2.05) is 0 Å². The molecule has 0 amide bonds. The van der Waals surface area contributed by atoms with Gasteiger partial charge in [0.1, 0.15) is 0 Å². The number of carbonyl (C=O) groups excluding carboxylic acids is 1. The van der Waals surface area contributed by atoms with E-state index in [4.69, 9.17) is 0 Å². The summed E-state index contributed by atoms with van der Waals surface area (Å²) in [6.07, 6.45) is 3.58. The Kier molecular flexibility index (Phi) is 4.58. The Morgan fingerprint density at radius 3 is 2.94 bits per heavy atom. The molecule has 1 aliphatic heterocycles. The Labute approximate surface area is 112 Å². The average molecular weight is 268 g/mol. The number of rotatable bonds is 4. The van der Waals surface area contributed by atoms with E-state index < -0.39 is 0 Å². The van der Waals surface area contributed by atoms with Crippen LogP contribution in [0.25, 0.3) is 0 Å². The van der Waals surface area contributed by atoms with Gasteiger partial charge in [0.25, 0.3) is 0 Å². The molecule has 0 bridgehead atoms. The van der Waals surface area contributed by atoms with Gasteiger partial charge in [0.05, 0.1) is 19.2 Å². The van der Waals surface area contributed by atoms with Crippen LogP contribution in [0.1, 0.15) is 31.9 Å². The molecule has 1 aromatic heterocycles. The van der Waals surface area contributed by atoms with Gasteiger partial charge >= 0.3 is 5.97 Å². The van der Waals surface area contributed by atoms with Gasteiger partial charge in [0, 0.05) is 24.9 Å². The van der Waals surface area contributed by atoms with Gasteiger partial charge in [-0.05, 0) is 18.8 Å². The number of thiazole rings is 1. The SMILES string of the molecule is COC(=O)CCc1csc(N2CCC(C)CC2)n1. The van der Waals surface area contributed by atoms with Crippen molar-refractivity contribution in [2.24, 2.45) is 5.92 Å². The van der Waals surface area contributed by atoms with Gasteiger partial charge in [0.15, 0.2) is 5.13 Å². The lowest BCUT2D eigenvalue weighted by molar-refractivity contribution is -0.140. The van der Waals surface area contributed by atoms with E-state index >= 15 is 0 Å². The van der Waals surface area contributed by atoms with Crippen molar-refractivity contribution >= 4 is 22.4 Å². The fourth-order valence-electron chi connectivity index (χ4n) is 2.09. The van der Waals surface area contributed by atoms with Crippen molar-refractivity contribution in [3.63, 3.8) is 0 Å². The molecule has 100 valence electrons. The first-order valence-corrected chi connectivity index (χ1v) is 7.33. The number of hydrogen-bond acceptors (Lipinski definition) is 5. The van der Waals surface area contributed by atoms with Gasteiger partial charge in [-0.2, -0.15) is 0 Å². The summed E-state index contributed by atoms with van der Waals surface area (Å²) in [6.45, 7) is 4.51. The molecule has 0 aromatic carbocycles. The molecule has 18 heavy (non-hydrogen) atoms. The molecular weight excluding hydrogens is 248 g/mol. The molecule has 1 aliphatic rings. The maximum absolute atomic E-state index is 11.1. The lowest BCUT2D eigenvalue weighted by Gasteiger charge is -2.29. The van der Waals surface area contributed by atoms with Gasteiger partial charge in [-0.15, -0.1) is 11.3 Å². The molecule has 1 aromatic rings. The molecule has 0 unspecified atom stereocenters. The maximum Gasteiger partial charge on any atom is 0.305 e. The molecule has 0 aliphatic carbocycles. The quantitative estimate of drug-likeness (QED) is 0.787. The van der Waals surface area contributed by atoms with E-state index in [1.54, 1.807) is 11.3 Å². The second kappa shape index (κ2) is 6.18. The topological polar surface area (TPSA) is 42.4 Å². The third-order valence-electron chi connectivity index (χ3n) is 3.41. The molecule has 0 radical (unpaired) electrons. The van der Waals surface area contributed by atoms with Crippen molar-refractivity contribution in [3.8, 4) is 0 Å². The number of methoxy groups -OCH3 is 1. The van der Waals surface area contributed by atoms with Crippen molar-refractivity contribution in [2.75, 3.05) is 25.1 Å².